The topological polar surface area (TPSA) is 27.7 Å². The van der Waals surface area contributed by atoms with Crippen LogP contribution in [0.2, 0.25) is 0 Å². The first-order chi connectivity index (χ1) is 19.3. The molecule has 4 atom stereocenters. The van der Waals surface area contributed by atoms with Crippen LogP contribution in [0.1, 0.15) is 194 Å². The number of hydrogen-bond donors (Lipinski definition) is 0. The van der Waals surface area contributed by atoms with E-state index in [4.69, 9.17) is 14.2 Å². The maximum Gasteiger partial charge on any atom is 0.0597 e. The highest BCUT2D eigenvalue weighted by atomic mass is 16.5. The van der Waals surface area contributed by atoms with Gasteiger partial charge in [0.2, 0.25) is 0 Å². The first kappa shape index (κ1) is 35.1. The highest BCUT2D eigenvalue weighted by Gasteiger charge is 2.19. The predicted molar refractivity (Wildman–Crippen MR) is 169 cm³/mol. The first-order valence-electron chi connectivity index (χ1n) is 18.2. The minimum absolute atomic E-state index is 0.493. The summed E-state index contributed by atoms with van der Waals surface area (Å²) in [7, 11) is 0. The molecule has 0 N–H and O–H groups in total. The second-order valence-electron chi connectivity index (χ2n) is 13.0. The van der Waals surface area contributed by atoms with Crippen LogP contribution in [0.15, 0.2) is 0 Å². The van der Waals surface area contributed by atoms with E-state index in [1.807, 2.05) is 0 Å². The Labute approximate surface area is 245 Å². The van der Waals surface area contributed by atoms with Gasteiger partial charge in [0.15, 0.2) is 0 Å². The lowest BCUT2D eigenvalue weighted by molar-refractivity contribution is -0.0557. The molecule has 0 spiro atoms. The Morgan fingerprint density at radius 3 is 1.08 bits per heavy atom. The van der Waals surface area contributed by atoms with Crippen molar-refractivity contribution in [1.29, 1.82) is 0 Å². The molecule has 2 saturated heterocycles. The fourth-order valence-corrected chi connectivity index (χ4v) is 6.36. The van der Waals surface area contributed by atoms with E-state index in [9.17, 15) is 0 Å². The Bertz CT molecular complexity index is 458. The summed E-state index contributed by atoms with van der Waals surface area (Å²) < 4.78 is 18.2. The largest absolute Gasteiger partial charge is 0.378 e. The van der Waals surface area contributed by atoms with Crippen molar-refractivity contribution >= 4 is 0 Å². The van der Waals surface area contributed by atoms with Gasteiger partial charge >= 0.3 is 0 Å². The van der Waals surface area contributed by atoms with Crippen molar-refractivity contribution in [1.82, 2.24) is 0 Å². The lowest BCUT2D eigenvalue weighted by atomic mass is 9.98. The van der Waals surface area contributed by atoms with Gasteiger partial charge < -0.3 is 14.2 Å². The molecule has 39 heavy (non-hydrogen) atoms. The van der Waals surface area contributed by atoms with Gasteiger partial charge in [-0.15, -0.1) is 0 Å². The van der Waals surface area contributed by atoms with Gasteiger partial charge in [-0.3, -0.25) is 0 Å². The van der Waals surface area contributed by atoms with E-state index < -0.39 is 0 Å². The summed E-state index contributed by atoms with van der Waals surface area (Å²) in [5, 5.41) is 0. The van der Waals surface area contributed by atoms with Gasteiger partial charge in [-0.1, -0.05) is 142 Å². The Kier molecular flexibility index (Phi) is 23.0. The zero-order valence-corrected chi connectivity index (χ0v) is 26.7. The molecule has 0 aromatic rings. The molecule has 232 valence electrons. The van der Waals surface area contributed by atoms with Crippen molar-refractivity contribution in [2.45, 2.75) is 218 Å². The second-order valence-corrected chi connectivity index (χ2v) is 13.0. The molecule has 0 amide bonds. The molecule has 2 aliphatic rings. The van der Waals surface area contributed by atoms with Crippen LogP contribution in [-0.2, 0) is 14.2 Å². The van der Waals surface area contributed by atoms with Crippen LogP contribution in [0.4, 0.5) is 0 Å². The maximum atomic E-state index is 7.01. The van der Waals surface area contributed by atoms with E-state index in [0.717, 1.165) is 13.2 Å². The van der Waals surface area contributed by atoms with Crippen molar-refractivity contribution in [2.75, 3.05) is 13.2 Å². The third-order valence-electron chi connectivity index (χ3n) is 9.34. The quantitative estimate of drug-likeness (QED) is 0.0832. The van der Waals surface area contributed by atoms with Gasteiger partial charge in [-0.05, 0) is 51.4 Å². The summed E-state index contributed by atoms with van der Waals surface area (Å²) in [4.78, 5) is 0. The molecule has 2 fully saturated rings. The summed E-state index contributed by atoms with van der Waals surface area (Å²) in [6.07, 6.45) is 40.0. The minimum Gasteiger partial charge on any atom is -0.378 e. The van der Waals surface area contributed by atoms with Gasteiger partial charge in [0, 0.05) is 13.2 Å². The third kappa shape index (κ3) is 19.6. The van der Waals surface area contributed by atoms with Crippen LogP contribution in [0.3, 0.4) is 0 Å². The summed E-state index contributed by atoms with van der Waals surface area (Å²) in [5.74, 6) is 0. The first-order valence-corrected chi connectivity index (χ1v) is 18.2. The fraction of sp³-hybridized carbons (Fsp3) is 1.00. The molecule has 0 aromatic carbocycles. The molecule has 0 bridgehead atoms. The van der Waals surface area contributed by atoms with E-state index in [0.29, 0.717) is 24.4 Å². The Balaban J connectivity index is 1.71. The van der Waals surface area contributed by atoms with Crippen molar-refractivity contribution in [2.24, 2.45) is 0 Å². The Morgan fingerprint density at radius 1 is 0.462 bits per heavy atom. The third-order valence-corrected chi connectivity index (χ3v) is 9.34. The van der Waals surface area contributed by atoms with Gasteiger partial charge in [0.25, 0.3) is 0 Å². The van der Waals surface area contributed by atoms with Crippen molar-refractivity contribution < 1.29 is 14.2 Å². The van der Waals surface area contributed by atoms with Crippen molar-refractivity contribution in [3.8, 4) is 0 Å². The standard InChI is InChI=1S/C36H70O3/c1-3-5-7-9-11-19-25-35(27-21-15-13-17-23-33-29-31-37-33)39-36(26-20-12-10-8-6-4-2)28-22-16-14-18-24-34-30-32-38-34/h33-36H,3-32H2,1-2H3. The average molecular weight is 551 g/mol. The summed E-state index contributed by atoms with van der Waals surface area (Å²) in [5.41, 5.74) is 0. The van der Waals surface area contributed by atoms with Crippen LogP contribution in [-0.4, -0.2) is 37.6 Å². The van der Waals surface area contributed by atoms with E-state index in [2.05, 4.69) is 13.8 Å². The molecule has 3 nitrogen and oxygen atoms in total. The van der Waals surface area contributed by atoms with Gasteiger partial charge in [0.05, 0.1) is 24.4 Å². The Morgan fingerprint density at radius 2 is 0.769 bits per heavy atom. The Hall–Kier alpha value is -0.120. The number of hydrogen-bond acceptors (Lipinski definition) is 3. The zero-order valence-electron chi connectivity index (χ0n) is 26.7. The molecule has 0 aromatic heterocycles. The van der Waals surface area contributed by atoms with E-state index in [1.165, 1.54) is 180 Å². The molecule has 2 rings (SSSR count). The van der Waals surface area contributed by atoms with E-state index >= 15 is 0 Å². The lowest BCUT2D eigenvalue weighted by Crippen LogP contribution is -2.26. The molecule has 0 saturated carbocycles. The molecular formula is C36H70O3. The SMILES string of the molecule is CCCCCCCCC(CCCCCCC1CCO1)OC(CCCCCCCC)CCCCCCC1CCO1. The number of unbranched alkanes of at least 4 members (excludes halogenated alkanes) is 16. The van der Waals surface area contributed by atoms with Gasteiger partial charge in [0.1, 0.15) is 0 Å². The van der Waals surface area contributed by atoms with Crippen molar-refractivity contribution in [3.05, 3.63) is 0 Å². The van der Waals surface area contributed by atoms with E-state index in [1.54, 1.807) is 0 Å². The molecule has 0 radical (unpaired) electrons. The lowest BCUT2D eigenvalue weighted by Gasteiger charge is -2.27. The molecule has 4 unspecified atom stereocenters. The summed E-state index contributed by atoms with van der Waals surface area (Å²) >= 11 is 0. The van der Waals surface area contributed by atoms with Crippen LogP contribution in [0.25, 0.3) is 0 Å². The summed E-state index contributed by atoms with van der Waals surface area (Å²) in [6.45, 7) is 6.63. The monoisotopic (exact) mass is 551 g/mol. The zero-order chi connectivity index (χ0) is 27.6. The van der Waals surface area contributed by atoms with Crippen molar-refractivity contribution in [3.63, 3.8) is 0 Å². The van der Waals surface area contributed by atoms with Crippen LogP contribution >= 0.6 is 0 Å². The highest BCUT2D eigenvalue weighted by Crippen LogP contribution is 2.25. The van der Waals surface area contributed by atoms with Crippen LogP contribution < -0.4 is 0 Å². The fourth-order valence-electron chi connectivity index (χ4n) is 6.36. The number of rotatable bonds is 30. The second kappa shape index (κ2) is 25.6. The van der Waals surface area contributed by atoms with Gasteiger partial charge in [-0.2, -0.15) is 0 Å². The van der Waals surface area contributed by atoms with Crippen LogP contribution in [0, 0.1) is 0 Å². The molecule has 3 heteroatoms. The average Bonchev–Trinajstić information content (AvgIpc) is 2.88. The van der Waals surface area contributed by atoms with Crippen LogP contribution in [0.5, 0.6) is 0 Å². The normalized spacial score (nSPS) is 20.5. The van der Waals surface area contributed by atoms with E-state index in [-0.39, 0.29) is 0 Å². The minimum atomic E-state index is 0.493. The molecule has 0 aliphatic carbocycles. The predicted octanol–water partition coefficient (Wildman–Crippen LogP) is 11.5. The molecular weight excluding hydrogens is 480 g/mol. The summed E-state index contributed by atoms with van der Waals surface area (Å²) in [6, 6.07) is 0. The molecule has 2 aliphatic heterocycles. The smallest absolute Gasteiger partial charge is 0.0597 e. The number of ether oxygens (including phenoxy) is 3. The van der Waals surface area contributed by atoms with Gasteiger partial charge in [-0.25, -0.2) is 0 Å². The molecule has 2 heterocycles. The maximum absolute atomic E-state index is 7.01. The highest BCUT2D eigenvalue weighted by molar-refractivity contribution is 4.69.